The van der Waals surface area contributed by atoms with Gasteiger partial charge in [-0.2, -0.15) is 0 Å². The van der Waals surface area contributed by atoms with E-state index in [0.29, 0.717) is 6.61 Å². The minimum Gasteiger partial charge on any atom is -0.503 e. The van der Waals surface area contributed by atoms with Crippen LogP contribution < -0.4 is 10.6 Å². The number of aromatic hydroxyl groups is 1. The van der Waals surface area contributed by atoms with E-state index in [1.54, 1.807) is 0 Å². The van der Waals surface area contributed by atoms with Crippen LogP contribution in [-0.2, 0) is 6.61 Å². The molecule has 0 atom stereocenters. The second-order valence-corrected chi connectivity index (χ2v) is 3.06. The van der Waals surface area contributed by atoms with Crippen molar-refractivity contribution in [3.63, 3.8) is 0 Å². The summed E-state index contributed by atoms with van der Waals surface area (Å²) in [5.41, 5.74) is 6.37. The Morgan fingerprint density at radius 2 is 2.07 bits per heavy atom. The number of benzene rings is 1. The molecule has 0 saturated heterocycles. The van der Waals surface area contributed by atoms with Gasteiger partial charge in [0.05, 0.1) is 0 Å². The number of nitrogen functional groups attached to an aromatic ring is 1. The van der Waals surface area contributed by atoms with Crippen molar-refractivity contribution < 1.29 is 9.94 Å². The van der Waals surface area contributed by atoms with Crippen molar-refractivity contribution in [2.45, 2.75) is 6.61 Å². The van der Waals surface area contributed by atoms with Gasteiger partial charge in [-0.15, -0.1) is 9.94 Å². The maximum atomic E-state index is 9.15. The third kappa shape index (κ3) is 2.19. The average molecular weight is 205 g/mol. The number of nitrogens with zero attached hydrogens (tertiary/aromatic N) is 2. The summed E-state index contributed by atoms with van der Waals surface area (Å²) in [4.78, 5) is 6.41. The summed E-state index contributed by atoms with van der Waals surface area (Å²) in [5.74, 6) is -0.0221. The van der Waals surface area contributed by atoms with Crippen molar-refractivity contribution in [3.05, 3.63) is 42.1 Å². The average Bonchev–Trinajstić information content (AvgIpc) is 2.57. The summed E-state index contributed by atoms with van der Waals surface area (Å²) in [6.07, 6.45) is 1.32. The van der Waals surface area contributed by atoms with Crippen LogP contribution in [0.2, 0.25) is 0 Å². The van der Waals surface area contributed by atoms with E-state index in [2.05, 4.69) is 5.10 Å². The molecule has 2 aromatic rings. The molecule has 1 aromatic heterocycles. The van der Waals surface area contributed by atoms with Crippen molar-refractivity contribution in [2.75, 3.05) is 5.73 Å². The van der Waals surface area contributed by atoms with Crippen LogP contribution in [0.4, 0.5) is 5.82 Å². The Kier molecular flexibility index (Phi) is 2.45. The van der Waals surface area contributed by atoms with Crippen molar-refractivity contribution in [1.82, 2.24) is 9.94 Å². The van der Waals surface area contributed by atoms with Gasteiger partial charge in [-0.05, 0) is 5.56 Å². The van der Waals surface area contributed by atoms with Gasteiger partial charge in [0.2, 0.25) is 0 Å². The molecule has 1 aromatic carbocycles. The minimum absolute atomic E-state index is 0.0584. The van der Waals surface area contributed by atoms with Gasteiger partial charge in [0, 0.05) is 0 Å². The van der Waals surface area contributed by atoms with Gasteiger partial charge in [-0.25, -0.2) is 0 Å². The van der Waals surface area contributed by atoms with Crippen LogP contribution in [0.1, 0.15) is 5.56 Å². The number of hydrogen-bond donors (Lipinski definition) is 2. The summed E-state index contributed by atoms with van der Waals surface area (Å²) in [6, 6.07) is 9.65. The molecule has 15 heavy (non-hydrogen) atoms. The van der Waals surface area contributed by atoms with Crippen molar-refractivity contribution in [1.29, 1.82) is 0 Å². The first-order chi connectivity index (χ1) is 7.25. The number of aromatic nitrogens is 2. The summed E-state index contributed by atoms with van der Waals surface area (Å²) in [7, 11) is 0. The van der Waals surface area contributed by atoms with Crippen LogP contribution >= 0.6 is 0 Å². The summed E-state index contributed by atoms with van der Waals surface area (Å²) in [5, 5.41) is 12.9. The number of rotatable bonds is 3. The first-order valence-corrected chi connectivity index (χ1v) is 4.47. The molecule has 0 saturated carbocycles. The molecule has 0 aliphatic carbocycles. The van der Waals surface area contributed by atoms with Crippen LogP contribution in [0.5, 0.6) is 5.75 Å². The Labute approximate surface area is 86.7 Å². The van der Waals surface area contributed by atoms with Crippen molar-refractivity contribution in [3.8, 4) is 5.75 Å². The normalized spacial score (nSPS) is 10.1. The van der Waals surface area contributed by atoms with E-state index in [0.717, 1.165) is 10.4 Å². The van der Waals surface area contributed by atoms with Gasteiger partial charge >= 0.3 is 0 Å². The first-order valence-electron chi connectivity index (χ1n) is 4.47. The highest BCUT2D eigenvalue weighted by Gasteiger charge is 2.03. The van der Waals surface area contributed by atoms with Crippen LogP contribution in [0.3, 0.4) is 0 Å². The van der Waals surface area contributed by atoms with E-state index in [1.807, 2.05) is 30.3 Å². The summed E-state index contributed by atoms with van der Waals surface area (Å²) in [6.45, 7) is 0.376. The van der Waals surface area contributed by atoms with Crippen LogP contribution in [0.15, 0.2) is 36.5 Å². The fraction of sp³-hybridized carbons (Fsp3) is 0.100. The maximum Gasteiger partial charge on any atom is 0.191 e. The molecule has 0 amide bonds. The Hall–Kier alpha value is -2.17. The van der Waals surface area contributed by atoms with Gasteiger partial charge in [-0.3, -0.25) is 0 Å². The van der Waals surface area contributed by atoms with E-state index >= 15 is 0 Å². The molecule has 0 aliphatic rings. The van der Waals surface area contributed by atoms with Gasteiger partial charge in [0.25, 0.3) is 0 Å². The van der Waals surface area contributed by atoms with E-state index in [9.17, 15) is 0 Å². The molecule has 78 valence electrons. The van der Waals surface area contributed by atoms with Crippen molar-refractivity contribution in [2.24, 2.45) is 0 Å². The van der Waals surface area contributed by atoms with Crippen LogP contribution in [0.25, 0.3) is 0 Å². The zero-order valence-corrected chi connectivity index (χ0v) is 8.00. The molecular weight excluding hydrogens is 194 g/mol. The molecule has 0 fully saturated rings. The summed E-state index contributed by atoms with van der Waals surface area (Å²) < 4.78 is 0. The molecule has 1 heterocycles. The molecule has 0 unspecified atom stereocenters. The van der Waals surface area contributed by atoms with Crippen LogP contribution in [-0.4, -0.2) is 15.1 Å². The predicted octanol–water partition coefficient (Wildman–Crippen LogP) is 0.800. The number of nitrogens with two attached hydrogens (primary N) is 1. The smallest absolute Gasteiger partial charge is 0.191 e. The van der Waals surface area contributed by atoms with Gasteiger partial charge in [-0.1, -0.05) is 30.3 Å². The summed E-state index contributed by atoms with van der Waals surface area (Å²) >= 11 is 0. The van der Waals surface area contributed by atoms with E-state index in [-0.39, 0.29) is 11.6 Å². The zero-order chi connectivity index (χ0) is 10.7. The lowest BCUT2D eigenvalue weighted by Crippen LogP contribution is -2.11. The largest absolute Gasteiger partial charge is 0.503 e. The Morgan fingerprint density at radius 1 is 1.33 bits per heavy atom. The lowest BCUT2D eigenvalue weighted by Gasteiger charge is -2.03. The van der Waals surface area contributed by atoms with Gasteiger partial charge in [0.15, 0.2) is 11.6 Å². The SMILES string of the molecule is Nc1nn(OCc2ccccc2)cc1O. The fourth-order valence-corrected chi connectivity index (χ4v) is 1.14. The lowest BCUT2D eigenvalue weighted by molar-refractivity contribution is 0.0702. The quantitative estimate of drug-likeness (QED) is 0.777. The Morgan fingerprint density at radius 3 is 2.67 bits per heavy atom. The highest BCUT2D eigenvalue weighted by atomic mass is 16.7. The molecule has 0 radical (unpaired) electrons. The molecule has 5 heteroatoms. The van der Waals surface area contributed by atoms with Crippen molar-refractivity contribution >= 4 is 5.82 Å². The fourth-order valence-electron chi connectivity index (χ4n) is 1.14. The molecule has 0 aliphatic heterocycles. The number of anilines is 1. The topological polar surface area (TPSA) is 73.3 Å². The van der Waals surface area contributed by atoms with E-state index < -0.39 is 0 Å². The number of hydrogen-bond acceptors (Lipinski definition) is 4. The Bertz CT molecular complexity index is 420. The lowest BCUT2D eigenvalue weighted by atomic mass is 10.2. The van der Waals surface area contributed by atoms with Gasteiger partial charge < -0.3 is 15.7 Å². The second-order valence-electron chi connectivity index (χ2n) is 3.06. The molecule has 5 nitrogen and oxygen atoms in total. The second kappa shape index (κ2) is 3.91. The van der Waals surface area contributed by atoms with Crippen LogP contribution in [0, 0.1) is 0 Å². The molecule has 3 N–H and O–H groups in total. The Balaban J connectivity index is 1.99. The highest BCUT2D eigenvalue weighted by molar-refractivity contribution is 5.41. The molecule has 0 bridgehead atoms. The third-order valence-corrected chi connectivity index (χ3v) is 1.91. The van der Waals surface area contributed by atoms with E-state index in [4.69, 9.17) is 15.7 Å². The maximum absolute atomic E-state index is 9.15. The van der Waals surface area contributed by atoms with E-state index in [1.165, 1.54) is 6.20 Å². The monoisotopic (exact) mass is 205 g/mol. The molecular formula is C10H11N3O2. The zero-order valence-electron chi connectivity index (χ0n) is 8.00. The molecule has 0 spiro atoms. The highest BCUT2D eigenvalue weighted by Crippen LogP contribution is 2.15. The third-order valence-electron chi connectivity index (χ3n) is 1.91. The standard InChI is InChI=1S/C10H11N3O2/c11-10-9(14)6-13(12-10)15-7-8-4-2-1-3-5-8/h1-6,14H,7H2,(H2,11,12). The first kappa shape index (κ1) is 9.39. The minimum atomic E-state index is -0.0805. The predicted molar refractivity (Wildman–Crippen MR) is 55.0 cm³/mol. The van der Waals surface area contributed by atoms with Gasteiger partial charge in [0.1, 0.15) is 12.8 Å². The molecule has 2 rings (SSSR count).